The van der Waals surface area contributed by atoms with Gasteiger partial charge in [0.15, 0.2) is 0 Å². The quantitative estimate of drug-likeness (QED) is 0.785. The van der Waals surface area contributed by atoms with Gasteiger partial charge in [-0.25, -0.2) is 9.59 Å². The van der Waals surface area contributed by atoms with Crippen molar-refractivity contribution in [3.05, 3.63) is 34.9 Å². The van der Waals surface area contributed by atoms with Crippen molar-refractivity contribution in [2.24, 2.45) is 0 Å². The molecule has 0 spiro atoms. The number of benzene rings is 1. The van der Waals surface area contributed by atoms with Crippen molar-refractivity contribution in [1.82, 2.24) is 0 Å². The molecule has 0 heterocycles. The third-order valence-electron chi connectivity index (χ3n) is 2.24. The van der Waals surface area contributed by atoms with Gasteiger partial charge in [0.25, 0.3) is 0 Å². The number of rotatable bonds is 4. The van der Waals surface area contributed by atoms with Gasteiger partial charge < -0.3 is 14.6 Å². The Morgan fingerprint density at radius 3 is 1.88 bits per heavy atom. The molecule has 1 aromatic carbocycles. The number of aliphatic hydroxyl groups excluding tert-OH is 1. The zero-order valence-corrected chi connectivity index (χ0v) is 9.73. The number of aliphatic hydroxyl groups is 1. The number of hydrogen-bond donors (Lipinski definition) is 1. The maximum atomic E-state index is 11.4. The molecule has 0 aliphatic rings. The van der Waals surface area contributed by atoms with Crippen LogP contribution < -0.4 is 0 Å². The normalized spacial score (nSPS) is 9.82. The van der Waals surface area contributed by atoms with Gasteiger partial charge in [0.1, 0.15) is 0 Å². The van der Waals surface area contributed by atoms with Crippen LogP contribution in [-0.2, 0) is 15.9 Å². The van der Waals surface area contributed by atoms with E-state index in [1.54, 1.807) is 12.1 Å². The monoisotopic (exact) mass is 238 g/mol. The van der Waals surface area contributed by atoms with Crippen molar-refractivity contribution < 1.29 is 24.2 Å². The lowest BCUT2D eigenvalue weighted by Gasteiger charge is -2.06. The van der Waals surface area contributed by atoms with Crippen molar-refractivity contribution in [3.8, 4) is 0 Å². The fourth-order valence-corrected chi connectivity index (χ4v) is 1.44. The number of carbonyl (C=O) groups is 2. The predicted molar refractivity (Wildman–Crippen MR) is 59.9 cm³/mol. The third-order valence-corrected chi connectivity index (χ3v) is 2.24. The second kappa shape index (κ2) is 6.00. The lowest BCUT2D eigenvalue weighted by molar-refractivity contribution is 0.0599. The van der Waals surface area contributed by atoms with Crippen LogP contribution in [0.25, 0.3) is 0 Å². The molecule has 0 unspecified atom stereocenters. The highest BCUT2D eigenvalue weighted by atomic mass is 16.5. The Labute approximate surface area is 99.0 Å². The minimum absolute atomic E-state index is 0.0642. The summed E-state index contributed by atoms with van der Waals surface area (Å²) >= 11 is 0. The smallest absolute Gasteiger partial charge is 0.337 e. The average Bonchev–Trinajstić information content (AvgIpc) is 2.36. The Morgan fingerprint density at radius 2 is 1.53 bits per heavy atom. The van der Waals surface area contributed by atoms with Gasteiger partial charge in [-0.3, -0.25) is 0 Å². The van der Waals surface area contributed by atoms with Crippen LogP contribution >= 0.6 is 0 Å². The SMILES string of the molecule is COC(=O)c1cc(CCO)cc(C(=O)OC)c1. The van der Waals surface area contributed by atoms with Gasteiger partial charge in [0, 0.05) is 6.61 Å². The number of hydrogen-bond acceptors (Lipinski definition) is 5. The molecule has 0 bridgehead atoms. The molecule has 0 aliphatic carbocycles. The minimum Gasteiger partial charge on any atom is -0.465 e. The van der Waals surface area contributed by atoms with Crippen molar-refractivity contribution in [2.75, 3.05) is 20.8 Å². The highest BCUT2D eigenvalue weighted by Gasteiger charge is 2.13. The van der Waals surface area contributed by atoms with Gasteiger partial charge in [0.2, 0.25) is 0 Å². The van der Waals surface area contributed by atoms with Crippen LogP contribution in [0, 0.1) is 0 Å². The van der Waals surface area contributed by atoms with E-state index in [1.807, 2.05) is 0 Å². The highest BCUT2D eigenvalue weighted by Crippen LogP contribution is 2.13. The zero-order chi connectivity index (χ0) is 12.8. The first-order valence-electron chi connectivity index (χ1n) is 5.03. The summed E-state index contributed by atoms with van der Waals surface area (Å²) in [6.07, 6.45) is 0.356. The summed E-state index contributed by atoms with van der Waals surface area (Å²) in [7, 11) is 2.53. The largest absolute Gasteiger partial charge is 0.465 e. The van der Waals surface area contributed by atoms with Crippen LogP contribution in [0.2, 0.25) is 0 Å². The van der Waals surface area contributed by atoms with E-state index in [0.29, 0.717) is 12.0 Å². The Kier molecular flexibility index (Phi) is 4.66. The molecule has 5 heteroatoms. The van der Waals surface area contributed by atoms with Gasteiger partial charge >= 0.3 is 11.9 Å². The van der Waals surface area contributed by atoms with E-state index in [0.717, 1.165) is 0 Å². The van der Waals surface area contributed by atoms with E-state index < -0.39 is 11.9 Å². The fourth-order valence-electron chi connectivity index (χ4n) is 1.44. The molecule has 17 heavy (non-hydrogen) atoms. The molecule has 0 saturated heterocycles. The van der Waals surface area contributed by atoms with E-state index in [1.165, 1.54) is 20.3 Å². The summed E-state index contributed by atoms with van der Waals surface area (Å²) in [5, 5.41) is 8.86. The molecular formula is C12H14O5. The first-order chi connectivity index (χ1) is 8.12. The van der Waals surface area contributed by atoms with Crippen LogP contribution in [0.15, 0.2) is 18.2 Å². The minimum atomic E-state index is -0.532. The highest BCUT2D eigenvalue weighted by molar-refractivity contribution is 5.95. The van der Waals surface area contributed by atoms with E-state index in [4.69, 9.17) is 5.11 Å². The van der Waals surface area contributed by atoms with Gasteiger partial charge in [-0.15, -0.1) is 0 Å². The molecule has 5 nitrogen and oxygen atoms in total. The zero-order valence-electron chi connectivity index (χ0n) is 9.73. The maximum Gasteiger partial charge on any atom is 0.337 e. The summed E-state index contributed by atoms with van der Waals surface area (Å²) in [6.45, 7) is -0.0642. The molecule has 0 aromatic heterocycles. The molecule has 0 fully saturated rings. The van der Waals surface area contributed by atoms with Crippen LogP contribution in [0.5, 0.6) is 0 Å². The first-order valence-corrected chi connectivity index (χ1v) is 5.03. The van der Waals surface area contributed by atoms with Gasteiger partial charge in [0.05, 0.1) is 25.3 Å². The second-order valence-corrected chi connectivity index (χ2v) is 3.38. The predicted octanol–water partition coefficient (Wildman–Crippen LogP) is 0.795. The standard InChI is InChI=1S/C12H14O5/c1-16-11(14)9-5-8(3-4-13)6-10(7-9)12(15)17-2/h5-7,13H,3-4H2,1-2H3. The Hall–Kier alpha value is -1.88. The van der Waals surface area contributed by atoms with Gasteiger partial charge in [-0.05, 0) is 30.2 Å². The topological polar surface area (TPSA) is 72.8 Å². The average molecular weight is 238 g/mol. The molecule has 0 aliphatic heterocycles. The fraction of sp³-hybridized carbons (Fsp3) is 0.333. The molecule has 0 amide bonds. The van der Waals surface area contributed by atoms with Crippen molar-refractivity contribution in [2.45, 2.75) is 6.42 Å². The number of carbonyl (C=O) groups excluding carboxylic acids is 2. The second-order valence-electron chi connectivity index (χ2n) is 3.38. The molecule has 92 valence electrons. The van der Waals surface area contributed by atoms with Crippen LogP contribution in [0.3, 0.4) is 0 Å². The van der Waals surface area contributed by atoms with E-state index in [2.05, 4.69) is 9.47 Å². The molecule has 0 atom stereocenters. The summed E-state index contributed by atoms with van der Waals surface area (Å²) < 4.78 is 9.17. The van der Waals surface area contributed by atoms with E-state index in [-0.39, 0.29) is 17.7 Å². The van der Waals surface area contributed by atoms with E-state index in [9.17, 15) is 9.59 Å². The lowest BCUT2D eigenvalue weighted by atomic mass is 10.0. The van der Waals surface area contributed by atoms with Gasteiger partial charge in [-0.2, -0.15) is 0 Å². The molecule has 0 saturated carbocycles. The first kappa shape index (κ1) is 13.2. The number of ether oxygens (including phenoxy) is 2. The molecule has 1 N–H and O–H groups in total. The van der Waals surface area contributed by atoms with Gasteiger partial charge in [-0.1, -0.05) is 0 Å². The summed E-state index contributed by atoms with van der Waals surface area (Å²) in [4.78, 5) is 22.8. The Bertz CT molecular complexity index is 391. The lowest BCUT2D eigenvalue weighted by Crippen LogP contribution is -2.08. The van der Waals surface area contributed by atoms with Crippen molar-refractivity contribution in [1.29, 1.82) is 0 Å². The summed E-state index contributed by atoms with van der Waals surface area (Å²) in [5.74, 6) is -1.06. The molecule has 1 aromatic rings. The number of esters is 2. The molecule has 0 radical (unpaired) electrons. The molecular weight excluding hydrogens is 224 g/mol. The summed E-state index contributed by atoms with van der Waals surface area (Å²) in [5.41, 5.74) is 1.20. The number of methoxy groups -OCH3 is 2. The maximum absolute atomic E-state index is 11.4. The molecule has 1 rings (SSSR count). The van der Waals surface area contributed by atoms with Crippen molar-refractivity contribution in [3.63, 3.8) is 0 Å². The van der Waals surface area contributed by atoms with Crippen molar-refractivity contribution >= 4 is 11.9 Å². The van der Waals surface area contributed by atoms with Crippen LogP contribution in [0.1, 0.15) is 26.3 Å². The Balaban J connectivity index is 3.18. The van der Waals surface area contributed by atoms with Crippen LogP contribution in [0.4, 0.5) is 0 Å². The Morgan fingerprint density at radius 1 is 1.06 bits per heavy atom. The third kappa shape index (κ3) is 3.29. The summed E-state index contributed by atoms with van der Waals surface area (Å²) in [6, 6.07) is 4.56. The van der Waals surface area contributed by atoms with Crippen LogP contribution in [-0.4, -0.2) is 37.9 Å². The van der Waals surface area contributed by atoms with E-state index >= 15 is 0 Å².